The second-order valence-electron chi connectivity index (χ2n) is 6.13. The molecule has 0 radical (unpaired) electrons. The van der Waals surface area contributed by atoms with Crippen molar-refractivity contribution in [2.24, 2.45) is 5.73 Å². The highest BCUT2D eigenvalue weighted by molar-refractivity contribution is 6.30. The number of hydrogen-bond donors (Lipinski definition) is 1. The van der Waals surface area contributed by atoms with Crippen molar-refractivity contribution >= 4 is 17.5 Å². The maximum absolute atomic E-state index is 11.8. The van der Waals surface area contributed by atoms with Crippen LogP contribution in [0.2, 0.25) is 5.02 Å². The molecule has 1 aromatic rings. The fourth-order valence-corrected chi connectivity index (χ4v) is 3.77. The molecule has 2 heterocycles. The van der Waals surface area contributed by atoms with Crippen LogP contribution < -0.4 is 5.73 Å². The largest absolute Gasteiger partial charge is 0.337 e. The highest BCUT2D eigenvalue weighted by Gasteiger charge is 2.38. The Balaban J connectivity index is 1.79. The Bertz CT molecular complexity index is 517. The molecule has 21 heavy (non-hydrogen) atoms. The van der Waals surface area contributed by atoms with Crippen LogP contribution in [-0.4, -0.2) is 47.4 Å². The Morgan fingerprint density at radius 2 is 2.00 bits per heavy atom. The van der Waals surface area contributed by atoms with Crippen LogP contribution >= 0.6 is 11.6 Å². The van der Waals surface area contributed by atoms with Gasteiger partial charge in [-0.1, -0.05) is 23.7 Å². The minimum atomic E-state index is 0.0369. The van der Waals surface area contributed by atoms with Crippen molar-refractivity contribution in [1.82, 2.24) is 9.80 Å². The van der Waals surface area contributed by atoms with Gasteiger partial charge in [-0.3, -0.25) is 9.69 Å². The smallest absolute Gasteiger partial charge is 0.222 e. The standard InChI is InChI=1S/C16H22ClN3O/c1-11(18)16(12-2-4-13(17)5-3-12)19-8-9-20-14(10-19)6-7-15(20)21/h2-5,11,14,16H,6-10,18H2,1H3. The average molecular weight is 308 g/mol. The first kappa shape index (κ1) is 14.8. The molecule has 0 saturated carbocycles. The average Bonchev–Trinajstić information content (AvgIpc) is 2.82. The van der Waals surface area contributed by atoms with E-state index in [4.69, 9.17) is 17.3 Å². The van der Waals surface area contributed by atoms with Crippen LogP contribution in [0.5, 0.6) is 0 Å². The van der Waals surface area contributed by atoms with Gasteiger partial charge in [0.05, 0.1) is 0 Å². The molecule has 0 spiro atoms. The van der Waals surface area contributed by atoms with Gasteiger partial charge in [0.25, 0.3) is 0 Å². The predicted octanol–water partition coefficient (Wildman–Crippen LogP) is 2.03. The number of halogens is 1. The van der Waals surface area contributed by atoms with Gasteiger partial charge in [-0.2, -0.15) is 0 Å². The molecule has 3 rings (SSSR count). The molecule has 0 aromatic heterocycles. The first-order valence-corrected chi connectivity index (χ1v) is 7.98. The SMILES string of the molecule is CC(N)C(c1ccc(Cl)cc1)N1CCN2C(=O)CCC2C1. The summed E-state index contributed by atoms with van der Waals surface area (Å²) in [7, 11) is 0. The minimum Gasteiger partial charge on any atom is -0.337 e. The molecule has 0 bridgehead atoms. The lowest BCUT2D eigenvalue weighted by atomic mass is 9.97. The number of amides is 1. The zero-order valence-corrected chi connectivity index (χ0v) is 13.1. The van der Waals surface area contributed by atoms with Crippen molar-refractivity contribution in [1.29, 1.82) is 0 Å². The Hall–Kier alpha value is -1.10. The van der Waals surface area contributed by atoms with E-state index in [1.807, 2.05) is 24.0 Å². The van der Waals surface area contributed by atoms with Gasteiger partial charge in [-0.25, -0.2) is 0 Å². The van der Waals surface area contributed by atoms with E-state index in [9.17, 15) is 4.79 Å². The van der Waals surface area contributed by atoms with E-state index in [0.29, 0.717) is 18.4 Å². The third kappa shape index (κ3) is 2.93. The van der Waals surface area contributed by atoms with E-state index >= 15 is 0 Å². The van der Waals surface area contributed by atoms with Crippen LogP contribution in [0.15, 0.2) is 24.3 Å². The van der Waals surface area contributed by atoms with Crippen LogP contribution in [0.1, 0.15) is 31.4 Å². The normalized spacial score (nSPS) is 25.8. The third-order valence-corrected chi connectivity index (χ3v) is 4.88. The summed E-state index contributed by atoms with van der Waals surface area (Å²) in [6, 6.07) is 8.53. The highest BCUT2D eigenvalue weighted by atomic mass is 35.5. The monoisotopic (exact) mass is 307 g/mol. The second kappa shape index (κ2) is 5.95. The van der Waals surface area contributed by atoms with Crippen molar-refractivity contribution in [2.75, 3.05) is 19.6 Å². The van der Waals surface area contributed by atoms with E-state index in [-0.39, 0.29) is 12.1 Å². The van der Waals surface area contributed by atoms with Crippen LogP contribution in [-0.2, 0) is 4.79 Å². The lowest BCUT2D eigenvalue weighted by molar-refractivity contribution is -0.131. The Morgan fingerprint density at radius 1 is 1.29 bits per heavy atom. The molecule has 0 aliphatic carbocycles. The van der Waals surface area contributed by atoms with Crippen LogP contribution in [0.25, 0.3) is 0 Å². The van der Waals surface area contributed by atoms with E-state index in [2.05, 4.69) is 17.0 Å². The highest BCUT2D eigenvalue weighted by Crippen LogP contribution is 2.30. The molecule has 2 N–H and O–H groups in total. The number of hydrogen-bond acceptors (Lipinski definition) is 3. The van der Waals surface area contributed by atoms with Crippen molar-refractivity contribution in [2.45, 2.75) is 37.9 Å². The number of rotatable bonds is 3. The lowest BCUT2D eigenvalue weighted by Gasteiger charge is -2.43. The zero-order valence-electron chi connectivity index (χ0n) is 12.3. The summed E-state index contributed by atoms with van der Waals surface area (Å²) in [5.41, 5.74) is 7.45. The van der Waals surface area contributed by atoms with Gasteiger partial charge in [0.15, 0.2) is 0 Å². The number of carbonyl (C=O) groups excluding carboxylic acids is 1. The second-order valence-corrected chi connectivity index (χ2v) is 6.57. The third-order valence-electron chi connectivity index (χ3n) is 4.63. The van der Waals surface area contributed by atoms with Crippen LogP contribution in [0, 0.1) is 0 Å². The molecule has 3 atom stereocenters. The van der Waals surface area contributed by atoms with Crippen molar-refractivity contribution in [3.8, 4) is 0 Å². The number of piperazine rings is 1. The van der Waals surface area contributed by atoms with Crippen molar-refractivity contribution < 1.29 is 4.79 Å². The number of nitrogens with two attached hydrogens (primary N) is 1. The van der Waals surface area contributed by atoms with E-state index in [1.54, 1.807) is 0 Å². The summed E-state index contributed by atoms with van der Waals surface area (Å²) in [6.07, 6.45) is 1.67. The van der Waals surface area contributed by atoms with Crippen molar-refractivity contribution in [3.05, 3.63) is 34.9 Å². The molecule has 114 valence electrons. The van der Waals surface area contributed by atoms with Crippen molar-refractivity contribution in [3.63, 3.8) is 0 Å². The molecule has 2 fully saturated rings. The summed E-state index contributed by atoms with van der Waals surface area (Å²) >= 11 is 5.98. The zero-order chi connectivity index (χ0) is 15.0. The van der Waals surface area contributed by atoms with Gasteiger partial charge in [0, 0.05) is 49.2 Å². The fourth-order valence-electron chi connectivity index (χ4n) is 3.65. The quantitative estimate of drug-likeness (QED) is 0.929. The molecular weight excluding hydrogens is 286 g/mol. The molecule has 2 aliphatic rings. The van der Waals surface area contributed by atoms with E-state index < -0.39 is 0 Å². The van der Waals surface area contributed by atoms with Crippen LogP contribution in [0.3, 0.4) is 0 Å². The lowest BCUT2D eigenvalue weighted by Crippen LogP contribution is -2.54. The Kier molecular flexibility index (Phi) is 4.20. The molecule has 5 heteroatoms. The number of nitrogens with zero attached hydrogens (tertiary/aromatic N) is 2. The summed E-state index contributed by atoms with van der Waals surface area (Å²) in [5, 5.41) is 0.744. The summed E-state index contributed by atoms with van der Waals surface area (Å²) in [4.78, 5) is 16.3. The predicted molar refractivity (Wildman–Crippen MR) is 84.2 cm³/mol. The molecule has 3 unspecified atom stereocenters. The summed E-state index contributed by atoms with van der Waals surface area (Å²) in [6.45, 7) is 4.67. The summed E-state index contributed by atoms with van der Waals surface area (Å²) < 4.78 is 0. The Labute approximate surface area is 130 Å². The number of benzene rings is 1. The van der Waals surface area contributed by atoms with Gasteiger partial charge in [0.1, 0.15) is 0 Å². The molecule has 2 saturated heterocycles. The maximum atomic E-state index is 11.8. The van der Waals surface area contributed by atoms with E-state index in [0.717, 1.165) is 31.1 Å². The molecular formula is C16H22ClN3O. The molecule has 1 amide bonds. The van der Waals surface area contributed by atoms with Gasteiger partial charge in [-0.15, -0.1) is 0 Å². The fraction of sp³-hybridized carbons (Fsp3) is 0.562. The maximum Gasteiger partial charge on any atom is 0.222 e. The molecule has 1 aromatic carbocycles. The Morgan fingerprint density at radius 3 is 2.67 bits per heavy atom. The minimum absolute atomic E-state index is 0.0369. The molecule has 2 aliphatic heterocycles. The first-order chi connectivity index (χ1) is 10.1. The van der Waals surface area contributed by atoms with Gasteiger partial charge in [-0.05, 0) is 31.0 Å². The molecule has 4 nitrogen and oxygen atoms in total. The topological polar surface area (TPSA) is 49.6 Å². The summed E-state index contributed by atoms with van der Waals surface area (Å²) in [5.74, 6) is 0.309. The number of fused-ring (bicyclic) bond motifs is 1. The number of carbonyl (C=O) groups is 1. The van der Waals surface area contributed by atoms with Gasteiger partial charge in [0.2, 0.25) is 5.91 Å². The first-order valence-electron chi connectivity index (χ1n) is 7.61. The van der Waals surface area contributed by atoms with Gasteiger partial charge < -0.3 is 10.6 Å². The van der Waals surface area contributed by atoms with Gasteiger partial charge >= 0.3 is 0 Å². The van der Waals surface area contributed by atoms with Crippen LogP contribution in [0.4, 0.5) is 0 Å². The van der Waals surface area contributed by atoms with E-state index in [1.165, 1.54) is 5.56 Å².